The van der Waals surface area contributed by atoms with Crippen molar-refractivity contribution in [3.05, 3.63) is 28.7 Å². The molecule has 2 rings (SSSR count). The SMILES string of the molecule is CN(CCNc1cccc(Br)c1)CC1CCCC1. The summed E-state index contributed by atoms with van der Waals surface area (Å²) >= 11 is 3.49. The van der Waals surface area contributed by atoms with Crippen LogP contribution < -0.4 is 5.32 Å². The number of halogens is 1. The lowest BCUT2D eigenvalue weighted by Crippen LogP contribution is -2.29. The van der Waals surface area contributed by atoms with E-state index in [0.717, 1.165) is 23.5 Å². The molecule has 18 heavy (non-hydrogen) atoms. The first-order chi connectivity index (χ1) is 8.74. The summed E-state index contributed by atoms with van der Waals surface area (Å²) in [6.45, 7) is 3.39. The smallest absolute Gasteiger partial charge is 0.0351 e. The first kappa shape index (κ1) is 13.9. The molecule has 3 heteroatoms. The van der Waals surface area contributed by atoms with E-state index in [9.17, 15) is 0 Å². The number of anilines is 1. The summed E-state index contributed by atoms with van der Waals surface area (Å²) in [5.74, 6) is 0.945. The van der Waals surface area contributed by atoms with Crippen molar-refractivity contribution in [2.75, 3.05) is 32.0 Å². The fourth-order valence-electron chi connectivity index (χ4n) is 2.71. The molecular weight excluding hydrogens is 288 g/mol. The van der Waals surface area contributed by atoms with Gasteiger partial charge in [0.1, 0.15) is 0 Å². The van der Waals surface area contributed by atoms with Gasteiger partial charge in [0.25, 0.3) is 0 Å². The molecule has 1 N–H and O–H groups in total. The van der Waals surface area contributed by atoms with Crippen LogP contribution in [0.2, 0.25) is 0 Å². The third kappa shape index (κ3) is 4.62. The molecule has 2 nitrogen and oxygen atoms in total. The van der Waals surface area contributed by atoms with Gasteiger partial charge in [0, 0.05) is 29.8 Å². The van der Waals surface area contributed by atoms with Crippen molar-refractivity contribution in [3.8, 4) is 0 Å². The number of nitrogens with one attached hydrogen (secondary N) is 1. The molecule has 0 aromatic heterocycles. The van der Waals surface area contributed by atoms with Crippen LogP contribution in [0.5, 0.6) is 0 Å². The van der Waals surface area contributed by atoms with Crippen LogP contribution in [0, 0.1) is 5.92 Å². The van der Waals surface area contributed by atoms with Gasteiger partial charge >= 0.3 is 0 Å². The van der Waals surface area contributed by atoms with Crippen molar-refractivity contribution in [1.29, 1.82) is 0 Å². The Morgan fingerprint density at radius 2 is 2.11 bits per heavy atom. The van der Waals surface area contributed by atoms with Crippen LogP contribution >= 0.6 is 15.9 Å². The molecular formula is C15H23BrN2. The van der Waals surface area contributed by atoms with Crippen molar-refractivity contribution in [1.82, 2.24) is 4.90 Å². The molecule has 0 amide bonds. The monoisotopic (exact) mass is 310 g/mol. The van der Waals surface area contributed by atoms with Crippen molar-refractivity contribution < 1.29 is 0 Å². The lowest BCUT2D eigenvalue weighted by Gasteiger charge is -2.21. The first-order valence-corrected chi connectivity index (χ1v) is 7.71. The highest BCUT2D eigenvalue weighted by Gasteiger charge is 2.16. The van der Waals surface area contributed by atoms with Crippen molar-refractivity contribution in [2.24, 2.45) is 5.92 Å². The molecule has 0 aliphatic heterocycles. The van der Waals surface area contributed by atoms with E-state index in [2.05, 4.69) is 57.5 Å². The molecule has 0 atom stereocenters. The molecule has 0 radical (unpaired) electrons. The zero-order valence-electron chi connectivity index (χ0n) is 11.2. The minimum Gasteiger partial charge on any atom is -0.384 e. The minimum atomic E-state index is 0.945. The Labute approximate surface area is 119 Å². The van der Waals surface area contributed by atoms with E-state index < -0.39 is 0 Å². The fourth-order valence-corrected chi connectivity index (χ4v) is 3.11. The summed E-state index contributed by atoms with van der Waals surface area (Å²) in [6, 6.07) is 8.35. The quantitative estimate of drug-likeness (QED) is 0.855. The van der Waals surface area contributed by atoms with Crippen LogP contribution in [0.15, 0.2) is 28.7 Å². The molecule has 0 spiro atoms. The number of hydrogen-bond acceptors (Lipinski definition) is 2. The van der Waals surface area contributed by atoms with Crippen LogP contribution in [-0.2, 0) is 0 Å². The molecule has 1 aliphatic carbocycles. The van der Waals surface area contributed by atoms with E-state index in [0.29, 0.717) is 0 Å². The molecule has 1 fully saturated rings. The van der Waals surface area contributed by atoms with Gasteiger partial charge in [-0.05, 0) is 44.0 Å². The Balaban J connectivity index is 1.65. The second-order valence-corrected chi connectivity index (χ2v) is 6.27. The highest BCUT2D eigenvalue weighted by atomic mass is 79.9. The van der Waals surface area contributed by atoms with Crippen molar-refractivity contribution in [2.45, 2.75) is 25.7 Å². The fraction of sp³-hybridized carbons (Fsp3) is 0.600. The Bertz CT molecular complexity index is 361. The summed E-state index contributed by atoms with van der Waals surface area (Å²) in [6.07, 6.45) is 5.75. The normalized spacial score (nSPS) is 16.4. The average molecular weight is 311 g/mol. The maximum atomic E-state index is 3.49. The van der Waals surface area contributed by atoms with E-state index in [4.69, 9.17) is 0 Å². The lowest BCUT2D eigenvalue weighted by molar-refractivity contribution is 0.287. The van der Waals surface area contributed by atoms with Crippen molar-refractivity contribution in [3.63, 3.8) is 0 Å². The zero-order chi connectivity index (χ0) is 12.8. The first-order valence-electron chi connectivity index (χ1n) is 6.92. The van der Waals surface area contributed by atoms with Gasteiger partial charge < -0.3 is 10.2 Å². The Kier molecular flexibility index (Phi) is 5.51. The predicted octanol–water partition coefficient (Wildman–Crippen LogP) is 3.98. The molecule has 100 valence electrons. The van der Waals surface area contributed by atoms with E-state index in [1.807, 2.05) is 0 Å². The highest BCUT2D eigenvalue weighted by Crippen LogP contribution is 2.25. The van der Waals surface area contributed by atoms with Gasteiger partial charge in [-0.3, -0.25) is 0 Å². The van der Waals surface area contributed by atoms with Crippen LogP contribution in [0.1, 0.15) is 25.7 Å². The number of benzene rings is 1. The summed E-state index contributed by atoms with van der Waals surface area (Å²) in [5, 5.41) is 3.47. The Morgan fingerprint density at radius 3 is 2.83 bits per heavy atom. The molecule has 1 aromatic rings. The van der Waals surface area contributed by atoms with Gasteiger partial charge in [-0.1, -0.05) is 34.8 Å². The summed E-state index contributed by atoms with van der Waals surface area (Å²) in [7, 11) is 2.24. The van der Waals surface area contributed by atoms with Crippen LogP contribution in [-0.4, -0.2) is 31.6 Å². The van der Waals surface area contributed by atoms with E-state index in [-0.39, 0.29) is 0 Å². The van der Waals surface area contributed by atoms with Gasteiger partial charge in [0.15, 0.2) is 0 Å². The van der Waals surface area contributed by atoms with E-state index >= 15 is 0 Å². The molecule has 0 bridgehead atoms. The molecule has 0 unspecified atom stereocenters. The third-order valence-corrected chi connectivity index (χ3v) is 4.19. The highest BCUT2D eigenvalue weighted by molar-refractivity contribution is 9.10. The Hall–Kier alpha value is -0.540. The summed E-state index contributed by atoms with van der Waals surface area (Å²) < 4.78 is 1.13. The number of nitrogens with zero attached hydrogens (tertiary/aromatic N) is 1. The molecule has 1 saturated carbocycles. The number of likely N-dealkylation sites (N-methyl/N-ethyl adjacent to an activating group) is 1. The minimum absolute atomic E-state index is 0.945. The average Bonchev–Trinajstić information content (AvgIpc) is 2.82. The van der Waals surface area contributed by atoms with E-state index in [1.54, 1.807) is 0 Å². The van der Waals surface area contributed by atoms with Gasteiger partial charge in [-0.15, -0.1) is 0 Å². The van der Waals surface area contributed by atoms with Gasteiger partial charge in [-0.2, -0.15) is 0 Å². The van der Waals surface area contributed by atoms with Crippen LogP contribution in [0.4, 0.5) is 5.69 Å². The van der Waals surface area contributed by atoms with Gasteiger partial charge in [0.2, 0.25) is 0 Å². The molecule has 0 heterocycles. The standard InChI is InChI=1S/C15H23BrN2/c1-18(12-13-5-2-3-6-13)10-9-17-15-8-4-7-14(16)11-15/h4,7-8,11,13,17H,2-3,5-6,9-10,12H2,1H3. The zero-order valence-corrected chi connectivity index (χ0v) is 12.7. The molecule has 0 saturated heterocycles. The topological polar surface area (TPSA) is 15.3 Å². The summed E-state index contributed by atoms with van der Waals surface area (Å²) in [4.78, 5) is 2.46. The second-order valence-electron chi connectivity index (χ2n) is 5.35. The maximum Gasteiger partial charge on any atom is 0.0351 e. The van der Waals surface area contributed by atoms with Crippen LogP contribution in [0.25, 0.3) is 0 Å². The molecule has 1 aromatic carbocycles. The second kappa shape index (κ2) is 7.15. The largest absolute Gasteiger partial charge is 0.384 e. The maximum absolute atomic E-state index is 3.49. The van der Waals surface area contributed by atoms with Gasteiger partial charge in [-0.25, -0.2) is 0 Å². The van der Waals surface area contributed by atoms with Crippen LogP contribution in [0.3, 0.4) is 0 Å². The Morgan fingerprint density at radius 1 is 1.33 bits per heavy atom. The molecule has 1 aliphatic rings. The predicted molar refractivity (Wildman–Crippen MR) is 82.1 cm³/mol. The summed E-state index contributed by atoms with van der Waals surface area (Å²) in [5.41, 5.74) is 1.19. The van der Waals surface area contributed by atoms with E-state index in [1.165, 1.54) is 37.9 Å². The van der Waals surface area contributed by atoms with Crippen molar-refractivity contribution >= 4 is 21.6 Å². The van der Waals surface area contributed by atoms with Gasteiger partial charge in [0.05, 0.1) is 0 Å². The lowest BCUT2D eigenvalue weighted by atomic mass is 10.1. The third-order valence-electron chi connectivity index (χ3n) is 3.69. The number of hydrogen-bond donors (Lipinski definition) is 1. The number of rotatable bonds is 6.